The first-order valence-electron chi connectivity index (χ1n) is 12.9. The van der Waals surface area contributed by atoms with Crippen LogP contribution in [0, 0.1) is 28.1 Å². The smallest absolute Gasteiger partial charge is 0.240 e. The van der Waals surface area contributed by atoms with Crippen LogP contribution in [0.4, 0.5) is 11.6 Å². The van der Waals surface area contributed by atoms with Crippen LogP contribution < -0.4 is 16.0 Å². The Morgan fingerprint density at radius 1 is 1.35 bits per heavy atom. The number of rotatable bonds is 8. The summed E-state index contributed by atoms with van der Waals surface area (Å²) in [5.74, 6) is -0.576. The predicted octanol–water partition coefficient (Wildman–Crippen LogP) is 3.52. The number of hydrogen-bond acceptors (Lipinski definition) is 7. The third-order valence-corrected chi connectivity index (χ3v) is 9.06. The van der Waals surface area contributed by atoms with Gasteiger partial charge in [0, 0.05) is 30.0 Å². The van der Waals surface area contributed by atoms with Crippen molar-refractivity contribution in [3.63, 3.8) is 0 Å². The molecule has 0 bridgehead atoms. The predicted molar refractivity (Wildman–Crippen MR) is 144 cm³/mol. The number of thioether (sulfide) groups is 1. The van der Waals surface area contributed by atoms with E-state index in [1.54, 1.807) is 23.1 Å². The van der Waals surface area contributed by atoms with Crippen molar-refractivity contribution in [3.05, 3.63) is 30.4 Å². The lowest BCUT2D eigenvalue weighted by molar-refractivity contribution is -0.131. The van der Waals surface area contributed by atoms with E-state index >= 15 is 0 Å². The van der Waals surface area contributed by atoms with Gasteiger partial charge < -0.3 is 20.9 Å². The van der Waals surface area contributed by atoms with Gasteiger partial charge in [-0.05, 0) is 44.7 Å². The molecule has 5 atom stereocenters. The molecule has 3 amide bonds. The van der Waals surface area contributed by atoms with Crippen molar-refractivity contribution in [3.8, 4) is 6.07 Å². The topological polar surface area (TPSA) is 127 Å². The minimum absolute atomic E-state index is 0.0130. The fourth-order valence-corrected chi connectivity index (χ4v) is 6.67. The number of nitrogens with one attached hydrogen (secondary N) is 3. The van der Waals surface area contributed by atoms with Gasteiger partial charge in [0.1, 0.15) is 22.3 Å². The Bertz CT molecular complexity index is 1140. The maximum absolute atomic E-state index is 13.2. The van der Waals surface area contributed by atoms with E-state index in [1.165, 1.54) is 17.3 Å². The van der Waals surface area contributed by atoms with Gasteiger partial charge in [-0.3, -0.25) is 14.4 Å². The molecule has 3 unspecified atom stereocenters. The molecule has 1 saturated heterocycles. The van der Waals surface area contributed by atoms with Crippen molar-refractivity contribution >= 4 is 41.1 Å². The molecular formula is C27H36N6O3S. The lowest BCUT2D eigenvalue weighted by Gasteiger charge is -2.25. The minimum atomic E-state index is -0.958. The molecule has 3 aliphatic rings. The number of hydrogen-bond donors (Lipinski definition) is 3. The highest BCUT2D eigenvalue weighted by atomic mass is 32.2. The largest absolute Gasteiger partial charge is 0.368 e. The molecule has 9 nitrogen and oxygen atoms in total. The summed E-state index contributed by atoms with van der Waals surface area (Å²) in [6.07, 6.45) is 4.02. The fourth-order valence-electron chi connectivity index (χ4n) is 5.16. The number of anilines is 2. The molecule has 37 heavy (non-hydrogen) atoms. The summed E-state index contributed by atoms with van der Waals surface area (Å²) in [6, 6.07) is 7.45. The monoisotopic (exact) mass is 524 g/mol. The highest BCUT2D eigenvalue weighted by Crippen LogP contribution is 2.60. The van der Waals surface area contributed by atoms with Gasteiger partial charge in [0.15, 0.2) is 5.92 Å². The minimum Gasteiger partial charge on any atom is -0.368 e. The van der Waals surface area contributed by atoms with E-state index in [4.69, 9.17) is 0 Å². The molecule has 1 spiro atoms. The number of nitrogens with zero attached hydrogens (tertiary/aromatic N) is 3. The van der Waals surface area contributed by atoms with Crippen LogP contribution in [-0.4, -0.2) is 57.4 Å². The quantitative estimate of drug-likeness (QED) is 0.444. The Balaban J connectivity index is 1.37. The van der Waals surface area contributed by atoms with E-state index in [1.807, 2.05) is 27.7 Å². The Morgan fingerprint density at radius 3 is 2.70 bits per heavy atom. The summed E-state index contributed by atoms with van der Waals surface area (Å²) in [4.78, 5) is 44.6. The number of aromatic nitrogens is 1. The number of carbonyl (C=O) groups is 3. The van der Waals surface area contributed by atoms with Crippen molar-refractivity contribution < 1.29 is 14.4 Å². The van der Waals surface area contributed by atoms with E-state index < -0.39 is 22.0 Å². The second-order valence-electron chi connectivity index (χ2n) is 11.1. The summed E-state index contributed by atoms with van der Waals surface area (Å²) >= 11 is 1.34. The maximum atomic E-state index is 13.2. The first-order valence-corrected chi connectivity index (χ1v) is 13.8. The van der Waals surface area contributed by atoms with Crippen molar-refractivity contribution in [2.45, 2.75) is 70.0 Å². The molecule has 198 valence electrons. The molecule has 2 aliphatic carbocycles. The zero-order chi connectivity index (χ0) is 27.0. The van der Waals surface area contributed by atoms with Gasteiger partial charge >= 0.3 is 0 Å². The molecule has 10 heteroatoms. The first-order chi connectivity index (χ1) is 17.5. The molecule has 0 radical (unpaired) electrons. The van der Waals surface area contributed by atoms with Crippen LogP contribution in [0.5, 0.6) is 0 Å². The van der Waals surface area contributed by atoms with Gasteiger partial charge in [-0.15, -0.1) is 11.8 Å². The van der Waals surface area contributed by atoms with E-state index in [2.05, 4.69) is 33.6 Å². The standard InChI is InChI=1S/C27H36N6O3S/c1-6-33-23(35)18(15-29-20-10-7-11-21(31-20)32-25(36)26(3,4)5)37-24(33)17(14-28)22(34)30-19-13-27(19)12-8-9-16(27)2/h7,10-11,17-19,24H,2,6,8-9,12-13,15H2,1,3-5H3,(H,30,34)(H2,29,31,32,36)/t17?,18-,19-,24?,27?/m1/s1. The van der Waals surface area contributed by atoms with Crippen molar-refractivity contribution in [2.24, 2.45) is 16.7 Å². The molecule has 1 aromatic heterocycles. The summed E-state index contributed by atoms with van der Waals surface area (Å²) < 4.78 is 0. The van der Waals surface area contributed by atoms with Crippen molar-refractivity contribution in [2.75, 3.05) is 23.7 Å². The van der Waals surface area contributed by atoms with Crippen LogP contribution in [0.15, 0.2) is 30.4 Å². The van der Waals surface area contributed by atoms with Gasteiger partial charge in [0.05, 0.1) is 6.07 Å². The van der Waals surface area contributed by atoms with Gasteiger partial charge in [-0.25, -0.2) is 4.98 Å². The summed E-state index contributed by atoms with van der Waals surface area (Å²) in [6.45, 7) is 12.2. The highest BCUT2D eigenvalue weighted by molar-refractivity contribution is 8.01. The van der Waals surface area contributed by atoms with Gasteiger partial charge in [-0.1, -0.05) is 39.0 Å². The van der Waals surface area contributed by atoms with E-state index in [-0.39, 0.29) is 35.7 Å². The highest BCUT2D eigenvalue weighted by Gasteiger charge is 2.59. The first kappa shape index (κ1) is 27.0. The third kappa shape index (κ3) is 5.47. The lowest BCUT2D eigenvalue weighted by atomic mass is 9.96. The van der Waals surface area contributed by atoms with Gasteiger partial charge in [-0.2, -0.15) is 5.26 Å². The average Bonchev–Trinajstić information content (AvgIpc) is 3.26. The zero-order valence-electron chi connectivity index (χ0n) is 22.0. The van der Waals surface area contributed by atoms with Crippen LogP contribution >= 0.6 is 11.8 Å². The van der Waals surface area contributed by atoms with Crippen molar-refractivity contribution in [1.82, 2.24) is 15.2 Å². The maximum Gasteiger partial charge on any atom is 0.240 e. The van der Waals surface area contributed by atoms with Gasteiger partial charge in [0.2, 0.25) is 17.7 Å². The number of amides is 3. The Hall–Kier alpha value is -3.06. The molecule has 0 aromatic carbocycles. The SMILES string of the molecule is C=C1CCCC12C[C@H]2NC(=O)C(C#N)C1S[C@H](CNc2cccc(NC(=O)C(C)(C)C)n2)C(=O)N1CC. The number of pyridine rings is 1. The van der Waals surface area contributed by atoms with E-state index in [9.17, 15) is 19.6 Å². The van der Waals surface area contributed by atoms with Gasteiger partial charge in [0.25, 0.3) is 0 Å². The number of nitriles is 1. The van der Waals surface area contributed by atoms with Crippen LogP contribution in [-0.2, 0) is 14.4 Å². The summed E-state index contributed by atoms with van der Waals surface area (Å²) in [5, 5.41) is 17.9. The third-order valence-electron chi connectivity index (χ3n) is 7.55. The second-order valence-corrected chi connectivity index (χ2v) is 12.4. The summed E-state index contributed by atoms with van der Waals surface area (Å²) in [5.41, 5.74) is 0.665. The Labute approximate surface area is 222 Å². The molecule has 1 aliphatic heterocycles. The zero-order valence-corrected chi connectivity index (χ0v) is 22.8. The normalized spacial score (nSPS) is 27.6. The van der Waals surface area contributed by atoms with Crippen LogP contribution in [0.25, 0.3) is 0 Å². The van der Waals surface area contributed by atoms with Crippen LogP contribution in [0.2, 0.25) is 0 Å². The Kier molecular flexibility index (Phi) is 7.56. The molecule has 4 rings (SSSR count). The molecular weight excluding hydrogens is 488 g/mol. The van der Waals surface area contributed by atoms with Crippen LogP contribution in [0.1, 0.15) is 53.4 Å². The van der Waals surface area contributed by atoms with E-state index in [0.29, 0.717) is 18.2 Å². The molecule has 2 saturated carbocycles. The molecule has 2 heterocycles. The number of carbonyl (C=O) groups excluding carboxylic acids is 3. The fraction of sp³-hybridized carbons (Fsp3) is 0.593. The van der Waals surface area contributed by atoms with Crippen LogP contribution in [0.3, 0.4) is 0 Å². The Morgan fingerprint density at radius 2 is 2.08 bits per heavy atom. The van der Waals surface area contributed by atoms with E-state index in [0.717, 1.165) is 25.7 Å². The lowest BCUT2D eigenvalue weighted by Crippen LogP contribution is -2.45. The second kappa shape index (κ2) is 10.4. The van der Waals surface area contributed by atoms with Crippen molar-refractivity contribution in [1.29, 1.82) is 5.26 Å². The average molecular weight is 525 g/mol. The molecule has 3 N–H and O–H groups in total. The summed E-state index contributed by atoms with van der Waals surface area (Å²) in [7, 11) is 0. The molecule has 1 aromatic rings. The molecule has 3 fully saturated rings.